The summed E-state index contributed by atoms with van der Waals surface area (Å²) >= 11 is 0. The smallest absolute Gasteiger partial charge is 0.402 e. The van der Waals surface area contributed by atoms with E-state index in [4.69, 9.17) is 20.8 Å². The molecule has 0 atom stereocenters. The molecule has 0 aliphatic rings. The highest BCUT2D eigenvalue weighted by Gasteiger charge is 1.92. The van der Waals surface area contributed by atoms with Crippen LogP contribution in [0.4, 0.5) is 0 Å². The molecule has 0 aliphatic heterocycles. The molecule has 0 aromatic rings. The summed E-state index contributed by atoms with van der Waals surface area (Å²) < 4.78 is 0. The Balaban J connectivity index is 0. The first-order valence-corrected chi connectivity index (χ1v) is 4.89. The molecule has 0 aromatic carbocycles. The second-order valence-corrected chi connectivity index (χ2v) is 2.90. The first kappa shape index (κ1) is 15.4. The molecule has 4 nitrogen and oxygen atoms in total. The maximum atomic E-state index is 7.17. The fourth-order valence-corrected chi connectivity index (χ4v) is 0.925. The van der Waals surface area contributed by atoms with E-state index in [1.54, 1.807) is 0 Å². The molecular formula is C8H22BNO3. The van der Waals surface area contributed by atoms with Gasteiger partial charge in [-0.15, -0.1) is 0 Å². The highest BCUT2D eigenvalue weighted by Crippen LogP contribution is 2.03. The summed E-state index contributed by atoms with van der Waals surface area (Å²) in [7, 11) is -2.17. The van der Waals surface area contributed by atoms with Gasteiger partial charge in [-0.1, -0.05) is 39.0 Å². The van der Waals surface area contributed by atoms with Crippen molar-refractivity contribution in [2.75, 3.05) is 6.54 Å². The molecule has 0 fully saturated rings. The van der Waals surface area contributed by atoms with Gasteiger partial charge in [0.25, 0.3) is 0 Å². The molecule has 13 heavy (non-hydrogen) atoms. The van der Waals surface area contributed by atoms with Crippen molar-refractivity contribution < 1.29 is 15.1 Å². The van der Waals surface area contributed by atoms with Crippen molar-refractivity contribution in [3.8, 4) is 0 Å². The van der Waals surface area contributed by atoms with E-state index >= 15 is 0 Å². The van der Waals surface area contributed by atoms with Crippen molar-refractivity contribution in [3.05, 3.63) is 0 Å². The number of hydrogen-bond acceptors (Lipinski definition) is 4. The number of rotatable bonds is 6. The molecule has 0 heterocycles. The Morgan fingerprint density at radius 2 is 1.31 bits per heavy atom. The number of unbranched alkanes of at least 4 members (excludes halogenated alkanes) is 5. The van der Waals surface area contributed by atoms with E-state index in [-0.39, 0.29) is 0 Å². The lowest BCUT2D eigenvalue weighted by Crippen LogP contribution is -2.07. The molecule has 0 rings (SSSR count). The van der Waals surface area contributed by atoms with Crippen LogP contribution in [0.25, 0.3) is 0 Å². The van der Waals surface area contributed by atoms with Gasteiger partial charge in [0.2, 0.25) is 0 Å². The van der Waals surface area contributed by atoms with Gasteiger partial charge in [-0.05, 0) is 13.0 Å². The maximum Gasteiger partial charge on any atom is 0.631 e. The molecule has 0 radical (unpaired) electrons. The summed E-state index contributed by atoms with van der Waals surface area (Å²) in [6.07, 6.45) is 8.05. The Labute approximate surface area is 80.9 Å². The normalized spacial score (nSPS) is 9.00. The average molecular weight is 191 g/mol. The van der Waals surface area contributed by atoms with Gasteiger partial charge >= 0.3 is 7.32 Å². The Kier molecular flexibility index (Phi) is 17.1. The van der Waals surface area contributed by atoms with Crippen LogP contribution in [0.3, 0.4) is 0 Å². The van der Waals surface area contributed by atoms with E-state index < -0.39 is 7.32 Å². The molecular weight excluding hydrogens is 169 g/mol. The second-order valence-electron chi connectivity index (χ2n) is 2.90. The highest BCUT2D eigenvalue weighted by atomic mass is 16.5. The van der Waals surface area contributed by atoms with Gasteiger partial charge < -0.3 is 20.8 Å². The fourth-order valence-electron chi connectivity index (χ4n) is 0.925. The third-order valence-electron chi connectivity index (χ3n) is 1.56. The first-order chi connectivity index (χ1) is 6.15. The molecule has 0 spiro atoms. The van der Waals surface area contributed by atoms with Crippen LogP contribution in [0.2, 0.25) is 0 Å². The fraction of sp³-hybridized carbons (Fsp3) is 1.00. The van der Waals surface area contributed by atoms with Crippen LogP contribution < -0.4 is 5.73 Å². The summed E-state index contributed by atoms with van der Waals surface area (Å²) in [6.45, 7) is 3.11. The zero-order chi connectivity index (χ0) is 10.5. The van der Waals surface area contributed by atoms with Crippen molar-refractivity contribution in [1.29, 1.82) is 0 Å². The van der Waals surface area contributed by atoms with Gasteiger partial charge in [-0.25, -0.2) is 0 Å². The minimum absolute atomic E-state index is 0.867. The standard InChI is InChI=1S/C8H19N.BH3O3/c1-2-3-4-5-6-7-8-9;2-1(3)4/h2-9H2,1H3;2-4H. The van der Waals surface area contributed by atoms with Gasteiger partial charge in [0.05, 0.1) is 0 Å². The first-order valence-electron chi connectivity index (χ1n) is 4.89. The largest absolute Gasteiger partial charge is 0.631 e. The monoisotopic (exact) mass is 191 g/mol. The Bertz CT molecular complexity index is 75.0. The summed E-state index contributed by atoms with van der Waals surface area (Å²) in [4.78, 5) is 0. The third kappa shape index (κ3) is 33.5. The van der Waals surface area contributed by atoms with E-state index in [0.29, 0.717) is 0 Å². The average Bonchev–Trinajstić information content (AvgIpc) is 2.03. The lowest BCUT2D eigenvalue weighted by molar-refractivity contribution is 0.278. The summed E-state index contributed by atoms with van der Waals surface area (Å²) in [5, 5.41) is 21.5. The van der Waals surface area contributed by atoms with Crippen LogP contribution in [0, 0.1) is 0 Å². The van der Waals surface area contributed by atoms with E-state index in [2.05, 4.69) is 6.92 Å². The van der Waals surface area contributed by atoms with Crippen molar-refractivity contribution >= 4 is 7.32 Å². The highest BCUT2D eigenvalue weighted by molar-refractivity contribution is 6.30. The van der Waals surface area contributed by atoms with Gasteiger partial charge in [0.15, 0.2) is 0 Å². The summed E-state index contributed by atoms with van der Waals surface area (Å²) in [6, 6.07) is 0. The van der Waals surface area contributed by atoms with Crippen LogP contribution in [-0.4, -0.2) is 28.9 Å². The van der Waals surface area contributed by atoms with E-state index in [1.165, 1.54) is 38.5 Å². The minimum atomic E-state index is -2.17. The molecule has 0 amide bonds. The molecule has 0 aliphatic carbocycles. The lowest BCUT2D eigenvalue weighted by atomic mass is 10.1. The third-order valence-corrected chi connectivity index (χ3v) is 1.56. The predicted octanol–water partition coefficient (Wildman–Crippen LogP) is 0.254. The van der Waals surface area contributed by atoms with Crippen LogP contribution >= 0.6 is 0 Å². The van der Waals surface area contributed by atoms with Crippen molar-refractivity contribution in [2.45, 2.75) is 45.4 Å². The van der Waals surface area contributed by atoms with E-state index in [0.717, 1.165) is 6.54 Å². The van der Waals surface area contributed by atoms with Crippen molar-refractivity contribution in [2.24, 2.45) is 5.73 Å². The molecule has 80 valence electrons. The molecule has 5 heteroatoms. The molecule has 0 saturated heterocycles. The maximum absolute atomic E-state index is 7.17. The minimum Gasteiger partial charge on any atom is -0.402 e. The Hall–Kier alpha value is -0.0951. The zero-order valence-corrected chi connectivity index (χ0v) is 8.45. The van der Waals surface area contributed by atoms with Gasteiger partial charge in [0.1, 0.15) is 0 Å². The van der Waals surface area contributed by atoms with Crippen LogP contribution in [0.1, 0.15) is 45.4 Å². The SMILES string of the molecule is CCCCCCCCN.OB(O)O. The zero-order valence-electron chi connectivity index (χ0n) is 8.45. The molecule has 5 N–H and O–H groups in total. The van der Waals surface area contributed by atoms with Crippen LogP contribution in [-0.2, 0) is 0 Å². The molecule has 0 aromatic heterocycles. The van der Waals surface area contributed by atoms with E-state index in [1.807, 2.05) is 0 Å². The topological polar surface area (TPSA) is 86.7 Å². The second kappa shape index (κ2) is 14.4. The van der Waals surface area contributed by atoms with Gasteiger partial charge in [0, 0.05) is 0 Å². The Morgan fingerprint density at radius 3 is 1.69 bits per heavy atom. The van der Waals surface area contributed by atoms with Crippen molar-refractivity contribution in [3.63, 3.8) is 0 Å². The van der Waals surface area contributed by atoms with E-state index in [9.17, 15) is 0 Å². The quantitative estimate of drug-likeness (QED) is 0.358. The van der Waals surface area contributed by atoms with Gasteiger partial charge in [-0.2, -0.15) is 0 Å². The van der Waals surface area contributed by atoms with Crippen LogP contribution in [0.15, 0.2) is 0 Å². The Morgan fingerprint density at radius 1 is 0.923 bits per heavy atom. The number of hydrogen-bond donors (Lipinski definition) is 4. The number of nitrogens with two attached hydrogens (primary N) is 1. The lowest BCUT2D eigenvalue weighted by Gasteiger charge is -1.96. The summed E-state index contributed by atoms with van der Waals surface area (Å²) in [5.74, 6) is 0. The molecule has 0 saturated carbocycles. The molecule has 0 bridgehead atoms. The van der Waals surface area contributed by atoms with Gasteiger partial charge in [-0.3, -0.25) is 0 Å². The predicted molar refractivity (Wildman–Crippen MR) is 54.8 cm³/mol. The van der Waals surface area contributed by atoms with Crippen LogP contribution in [0.5, 0.6) is 0 Å². The van der Waals surface area contributed by atoms with Crippen molar-refractivity contribution in [1.82, 2.24) is 0 Å². The molecule has 0 unspecified atom stereocenters. The summed E-state index contributed by atoms with van der Waals surface area (Å²) in [5.41, 5.74) is 5.34.